The van der Waals surface area contributed by atoms with Crippen molar-refractivity contribution in [3.63, 3.8) is 0 Å². The van der Waals surface area contributed by atoms with Crippen molar-refractivity contribution in [3.05, 3.63) is 124 Å². The fraction of sp³-hybridized carbons (Fsp3) is 0.297. The quantitative estimate of drug-likeness (QED) is 0.103. The van der Waals surface area contributed by atoms with E-state index in [9.17, 15) is 19.2 Å². The highest BCUT2D eigenvalue weighted by molar-refractivity contribution is 7.10. The van der Waals surface area contributed by atoms with Crippen molar-refractivity contribution in [2.75, 3.05) is 39.5 Å². The summed E-state index contributed by atoms with van der Waals surface area (Å²) in [5.41, 5.74) is 1.18. The minimum Gasteiger partial charge on any atom is -0.458 e. The van der Waals surface area contributed by atoms with Crippen molar-refractivity contribution < 1.29 is 37.3 Å². The van der Waals surface area contributed by atoms with Crippen LogP contribution in [-0.4, -0.2) is 76.3 Å². The molecule has 5 aromatic rings. The Bertz CT molecular complexity index is 2010. The second-order valence-electron chi connectivity index (χ2n) is 12.0. The number of aromatic nitrogens is 4. The number of rotatable bonds is 13. The maximum Gasteiger partial charge on any atom is 0.509 e. The van der Waals surface area contributed by atoms with Gasteiger partial charge in [-0.05, 0) is 42.0 Å². The number of benzene rings is 3. The van der Waals surface area contributed by atoms with Crippen molar-refractivity contribution in [3.8, 4) is 17.3 Å². The summed E-state index contributed by atoms with van der Waals surface area (Å²) in [5.74, 6) is -3.23. The normalized spacial score (nSPS) is 14.9. The molecule has 1 saturated heterocycles. The monoisotopic (exact) mass is 728 g/mol. The maximum absolute atomic E-state index is 15.7. The van der Waals surface area contributed by atoms with Gasteiger partial charge in [0.2, 0.25) is 0 Å². The molecule has 3 heterocycles. The van der Waals surface area contributed by atoms with E-state index in [4.69, 9.17) is 23.9 Å². The van der Waals surface area contributed by atoms with Crippen LogP contribution >= 0.6 is 11.3 Å². The SMILES string of the molecule is C[C@@H](c1nc(-c2ccc(C#N)cc2)cs1)[C@@](Cn1cncn1)(OC(=O)OCCOC(=O)c1ccc(CN2CCOCC2)cc1)c1ccc(F)cc1F. The molecule has 0 spiro atoms. The number of morpholine rings is 1. The van der Waals surface area contributed by atoms with Crippen LogP contribution in [0.1, 0.15) is 44.9 Å². The lowest BCUT2D eigenvalue weighted by molar-refractivity contribution is -0.0694. The smallest absolute Gasteiger partial charge is 0.458 e. The van der Waals surface area contributed by atoms with Crippen molar-refractivity contribution >= 4 is 23.5 Å². The van der Waals surface area contributed by atoms with Gasteiger partial charge in [0.15, 0.2) is 5.60 Å². The predicted molar refractivity (Wildman–Crippen MR) is 184 cm³/mol. The Morgan fingerprint density at radius 2 is 1.79 bits per heavy atom. The van der Waals surface area contributed by atoms with Crippen LogP contribution in [0.15, 0.2) is 84.8 Å². The highest BCUT2D eigenvalue weighted by atomic mass is 32.1. The average Bonchev–Trinajstić information content (AvgIpc) is 3.87. The maximum atomic E-state index is 15.7. The van der Waals surface area contributed by atoms with Gasteiger partial charge in [-0.25, -0.2) is 33.0 Å². The van der Waals surface area contributed by atoms with Crippen LogP contribution in [0, 0.1) is 23.0 Å². The molecule has 0 N–H and O–H groups in total. The van der Waals surface area contributed by atoms with Crippen LogP contribution in [0.4, 0.5) is 13.6 Å². The lowest BCUT2D eigenvalue weighted by Crippen LogP contribution is -2.43. The van der Waals surface area contributed by atoms with E-state index < -0.39 is 35.3 Å². The first-order chi connectivity index (χ1) is 25.2. The number of nitriles is 1. The molecule has 12 nitrogen and oxygen atoms in total. The van der Waals surface area contributed by atoms with Gasteiger partial charge in [-0.15, -0.1) is 11.3 Å². The molecule has 0 bridgehead atoms. The van der Waals surface area contributed by atoms with E-state index in [2.05, 4.69) is 21.1 Å². The first-order valence-corrected chi connectivity index (χ1v) is 17.3. The van der Waals surface area contributed by atoms with E-state index in [1.807, 2.05) is 12.1 Å². The van der Waals surface area contributed by atoms with Gasteiger partial charge >= 0.3 is 12.1 Å². The topological polar surface area (TPSA) is 142 Å². The fourth-order valence-corrected chi connectivity index (χ4v) is 6.80. The van der Waals surface area contributed by atoms with Crippen molar-refractivity contribution in [1.82, 2.24) is 24.6 Å². The Labute approximate surface area is 302 Å². The number of hydrogen-bond donors (Lipinski definition) is 0. The lowest BCUT2D eigenvalue weighted by Gasteiger charge is -2.37. The first-order valence-electron chi connectivity index (χ1n) is 16.4. The second kappa shape index (κ2) is 16.6. The molecule has 1 aliphatic heterocycles. The molecule has 2 atom stereocenters. The van der Waals surface area contributed by atoms with Gasteiger partial charge in [-0.2, -0.15) is 10.4 Å². The average molecular weight is 729 g/mol. The molecule has 2 aromatic heterocycles. The summed E-state index contributed by atoms with van der Waals surface area (Å²) >= 11 is 1.25. The molecular weight excluding hydrogens is 695 g/mol. The van der Waals surface area contributed by atoms with Gasteiger partial charge in [0, 0.05) is 42.2 Å². The molecule has 268 valence electrons. The molecule has 3 aromatic carbocycles. The Morgan fingerprint density at radius 1 is 1.04 bits per heavy atom. The van der Waals surface area contributed by atoms with Crippen LogP contribution in [-0.2, 0) is 37.6 Å². The number of nitrogens with zero attached hydrogens (tertiary/aromatic N) is 6. The summed E-state index contributed by atoms with van der Waals surface area (Å²) in [6.45, 7) is 4.64. The minimum atomic E-state index is -1.87. The Morgan fingerprint density at radius 3 is 2.48 bits per heavy atom. The van der Waals surface area contributed by atoms with Gasteiger partial charge in [-0.1, -0.05) is 31.2 Å². The molecule has 1 fully saturated rings. The molecule has 0 amide bonds. The van der Waals surface area contributed by atoms with Gasteiger partial charge in [-0.3, -0.25) is 4.90 Å². The standard InChI is InChI=1S/C37H34F2N6O6S/c1-25(34-43-33(21-52-34)28-6-2-26(19-40)3-7-28)37(22-45-24-41-23-42-45,31-11-10-30(38)18-32(31)39)51-36(47)50-17-16-49-35(46)29-8-4-27(5-9-29)20-44-12-14-48-15-13-44/h2-11,18,21,23-25H,12-17,20,22H2,1H3/t25-,37+/m0/s1. The Hall–Kier alpha value is -5.56. The van der Waals surface area contributed by atoms with Gasteiger partial charge in [0.05, 0.1) is 48.6 Å². The minimum absolute atomic E-state index is 0.146. The van der Waals surface area contributed by atoms with E-state index >= 15 is 4.39 Å². The van der Waals surface area contributed by atoms with E-state index in [0.717, 1.165) is 36.8 Å². The molecule has 52 heavy (non-hydrogen) atoms. The fourth-order valence-electron chi connectivity index (χ4n) is 5.84. The summed E-state index contributed by atoms with van der Waals surface area (Å²) in [4.78, 5) is 37.1. The second-order valence-corrected chi connectivity index (χ2v) is 12.9. The summed E-state index contributed by atoms with van der Waals surface area (Å²) in [6, 6.07) is 19.0. The third-order valence-corrected chi connectivity index (χ3v) is 9.68. The molecular formula is C37H34F2N6O6S. The number of ether oxygens (including phenoxy) is 4. The first kappa shape index (κ1) is 36.2. The number of halogens is 2. The molecule has 0 saturated carbocycles. The summed E-state index contributed by atoms with van der Waals surface area (Å²) in [6.07, 6.45) is 1.45. The van der Waals surface area contributed by atoms with Gasteiger partial charge in [0.25, 0.3) is 0 Å². The molecule has 15 heteroatoms. The zero-order chi connectivity index (χ0) is 36.5. The zero-order valence-corrected chi connectivity index (χ0v) is 28.9. The molecule has 6 rings (SSSR count). The van der Waals surface area contributed by atoms with Gasteiger partial charge < -0.3 is 18.9 Å². The number of carbonyl (C=O) groups is 2. The van der Waals surface area contributed by atoms with E-state index in [1.165, 1.54) is 34.7 Å². The van der Waals surface area contributed by atoms with Crippen LogP contribution in [0.5, 0.6) is 0 Å². The molecule has 0 radical (unpaired) electrons. The van der Waals surface area contributed by atoms with Crippen molar-refractivity contribution in [2.45, 2.75) is 31.5 Å². The van der Waals surface area contributed by atoms with Gasteiger partial charge in [0.1, 0.15) is 42.5 Å². The predicted octanol–water partition coefficient (Wildman–Crippen LogP) is 6.09. The molecule has 0 unspecified atom stereocenters. The van der Waals surface area contributed by atoms with E-state index in [1.54, 1.807) is 48.7 Å². The molecule has 1 aliphatic rings. The molecule has 0 aliphatic carbocycles. The van der Waals surface area contributed by atoms with Crippen LogP contribution in [0.2, 0.25) is 0 Å². The number of thiazole rings is 1. The number of hydrogen-bond acceptors (Lipinski definition) is 12. The summed E-state index contributed by atoms with van der Waals surface area (Å²) in [5, 5.41) is 15.6. The zero-order valence-electron chi connectivity index (χ0n) is 28.1. The Balaban J connectivity index is 1.17. The Kier molecular flexibility index (Phi) is 11.6. The van der Waals surface area contributed by atoms with Crippen molar-refractivity contribution in [2.24, 2.45) is 0 Å². The largest absolute Gasteiger partial charge is 0.509 e. The van der Waals surface area contributed by atoms with Crippen LogP contribution < -0.4 is 0 Å². The lowest BCUT2D eigenvalue weighted by atomic mass is 9.81. The van der Waals surface area contributed by atoms with Crippen LogP contribution in [0.25, 0.3) is 11.3 Å². The highest BCUT2D eigenvalue weighted by Gasteiger charge is 2.47. The number of esters is 1. The third kappa shape index (κ3) is 8.65. The summed E-state index contributed by atoms with van der Waals surface area (Å²) < 4.78 is 53.3. The number of carbonyl (C=O) groups excluding carboxylic acids is 2. The third-order valence-electron chi connectivity index (χ3n) is 8.65. The van der Waals surface area contributed by atoms with Crippen LogP contribution in [0.3, 0.4) is 0 Å². The van der Waals surface area contributed by atoms with E-state index in [-0.39, 0.29) is 25.3 Å². The van der Waals surface area contributed by atoms with E-state index in [0.29, 0.717) is 41.1 Å². The van der Waals surface area contributed by atoms with Crippen molar-refractivity contribution in [1.29, 1.82) is 5.26 Å². The summed E-state index contributed by atoms with van der Waals surface area (Å²) in [7, 11) is 0. The highest BCUT2D eigenvalue weighted by Crippen LogP contribution is 2.45.